The van der Waals surface area contributed by atoms with E-state index in [0.717, 1.165) is 21.9 Å². The summed E-state index contributed by atoms with van der Waals surface area (Å²) in [5.41, 5.74) is 2.57. The van der Waals surface area contributed by atoms with E-state index in [-0.39, 0.29) is 5.78 Å². The van der Waals surface area contributed by atoms with Gasteiger partial charge in [-0.1, -0.05) is 37.6 Å². The number of carbonyl (C=O) groups excluding carboxylic acids is 1. The minimum Gasteiger partial charge on any atom is -0.456 e. The highest BCUT2D eigenvalue weighted by Crippen LogP contribution is 2.34. The van der Waals surface area contributed by atoms with Crippen molar-refractivity contribution < 1.29 is 9.53 Å². The van der Waals surface area contributed by atoms with Crippen molar-refractivity contribution in [3.05, 3.63) is 58.1 Å². The lowest BCUT2D eigenvalue weighted by molar-refractivity contribution is 0.101. The van der Waals surface area contributed by atoms with Gasteiger partial charge in [-0.25, -0.2) is 0 Å². The Bertz CT molecular complexity index is 675. The monoisotopic (exact) mass is 302 g/mol. The van der Waals surface area contributed by atoms with E-state index in [1.807, 2.05) is 31.2 Å². The molecule has 3 heteroatoms. The Labute approximate surface area is 130 Å². The van der Waals surface area contributed by atoms with Crippen molar-refractivity contribution in [3.63, 3.8) is 0 Å². The molecule has 21 heavy (non-hydrogen) atoms. The third-order valence-corrected chi connectivity index (χ3v) is 3.73. The predicted octanol–water partition coefficient (Wildman–Crippen LogP) is 5.77. The lowest BCUT2D eigenvalue weighted by atomic mass is 10.0. The molecule has 0 radical (unpaired) electrons. The summed E-state index contributed by atoms with van der Waals surface area (Å²) in [4.78, 5) is 11.7. The van der Waals surface area contributed by atoms with Crippen molar-refractivity contribution in [2.45, 2.75) is 33.6 Å². The molecule has 2 rings (SSSR count). The fourth-order valence-corrected chi connectivity index (χ4v) is 2.62. The van der Waals surface area contributed by atoms with Crippen molar-refractivity contribution >= 4 is 17.4 Å². The number of ether oxygens (including phenoxy) is 1. The highest BCUT2D eigenvalue weighted by atomic mass is 35.5. The third-order valence-electron chi connectivity index (χ3n) is 3.40. The first kappa shape index (κ1) is 15.6. The van der Waals surface area contributed by atoms with Gasteiger partial charge in [-0.05, 0) is 55.2 Å². The van der Waals surface area contributed by atoms with Gasteiger partial charge in [0.2, 0.25) is 0 Å². The molecule has 0 aromatic heterocycles. The van der Waals surface area contributed by atoms with Crippen LogP contribution >= 0.6 is 11.6 Å². The second-order valence-corrected chi connectivity index (χ2v) is 5.86. The smallest absolute Gasteiger partial charge is 0.163 e. The molecule has 110 valence electrons. The summed E-state index contributed by atoms with van der Waals surface area (Å²) in [6.07, 6.45) is 0. The van der Waals surface area contributed by atoms with Crippen molar-refractivity contribution in [1.82, 2.24) is 0 Å². The number of rotatable bonds is 4. The maximum atomic E-state index is 11.7. The van der Waals surface area contributed by atoms with E-state index in [9.17, 15) is 4.79 Å². The fraction of sp³-hybridized carbons (Fsp3) is 0.278. The topological polar surface area (TPSA) is 26.3 Å². The first-order valence-electron chi connectivity index (χ1n) is 6.98. The zero-order valence-electron chi connectivity index (χ0n) is 12.7. The van der Waals surface area contributed by atoms with E-state index in [1.54, 1.807) is 12.1 Å². The zero-order chi connectivity index (χ0) is 15.6. The molecule has 2 aromatic carbocycles. The molecule has 0 bridgehead atoms. The van der Waals surface area contributed by atoms with E-state index in [1.165, 1.54) is 6.92 Å². The van der Waals surface area contributed by atoms with Gasteiger partial charge in [0.05, 0.1) is 5.56 Å². The van der Waals surface area contributed by atoms with Crippen LogP contribution in [-0.4, -0.2) is 5.78 Å². The molecule has 0 heterocycles. The standard InChI is InChI=1S/C18H19ClO2/c1-11(2)15-10-18(12(3)9-16(15)19)21-17-8-6-5-7-14(17)13(4)20/h5-11H,1-4H3. The van der Waals surface area contributed by atoms with Crippen LogP contribution in [0.3, 0.4) is 0 Å². The van der Waals surface area contributed by atoms with Crippen LogP contribution in [0.4, 0.5) is 0 Å². The Hall–Kier alpha value is -1.80. The van der Waals surface area contributed by atoms with Crippen LogP contribution in [0.5, 0.6) is 11.5 Å². The lowest BCUT2D eigenvalue weighted by Gasteiger charge is -2.15. The zero-order valence-corrected chi connectivity index (χ0v) is 13.5. The summed E-state index contributed by atoms with van der Waals surface area (Å²) in [6, 6.07) is 11.1. The first-order valence-corrected chi connectivity index (χ1v) is 7.35. The van der Waals surface area contributed by atoms with Crippen LogP contribution in [0.25, 0.3) is 0 Å². The largest absolute Gasteiger partial charge is 0.456 e. The Balaban J connectivity index is 2.45. The van der Waals surface area contributed by atoms with Crippen molar-refractivity contribution in [2.75, 3.05) is 0 Å². The molecule has 0 aliphatic carbocycles. The minimum atomic E-state index is -0.0127. The van der Waals surface area contributed by atoms with Gasteiger partial charge in [0.15, 0.2) is 5.78 Å². The van der Waals surface area contributed by atoms with Gasteiger partial charge in [0, 0.05) is 5.02 Å². The average Bonchev–Trinajstić information content (AvgIpc) is 2.41. The number of halogens is 1. The highest BCUT2D eigenvalue weighted by Gasteiger charge is 2.13. The minimum absolute atomic E-state index is 0.0127. The van der Waals surface area contributed by atoms with E-state index in [4.69, 9.17) is 16.3 Å². The third kappa shape index (κ3) is 3.45. The van der Waals surface area contributed by atoms with Crippen LogP contribution in [-0.2, 0) is 0 Å². The normalized spacial score (nSPS) is 10.8. The summed E-state index contributed by atoms with van der Waals surface area (Å²) in [5.74, 6) is 1.60. The Morgan fingerprint density at radius 1 is 1.14 bits per heavy atom. The number of ketones is 1. The summed E-state index contributed by atoms with van der Waals surface area (Å²) in [6.45, 7) is 7.66. The van der Waals surface area contributed by atoms with Gasteiger partial charge in [-0.15, -0.1) is 0 Å². The molecule has 0 saturated carbocycles. The van der Waals surface area contributed by atoms with E-state index in [2.05, 4.69) is 13.8 Å². The number of hydrogen-bond donors (Lipinski definition) is 0. The molecule has 0 N–H and O–H groups in total. The van der Waals surface area contributed by atoms with Gasteiger partial charge in [0.1, 0.15) is 11.5 Å². The molecule has 0 spiro atoms. The lowest BCUT2D eigenvalue weighted by Crippen LogP contribution is -1.99. The Kier molecular flexibility index (Phi) is 4.69. The Morgan fingerprint density at radius 3 is 2.43 bits per heavy atom. The molecule has 0 aliphatic rings. The SMILES string of the molecule is CC(=O)c1ccccc1Oc1cc(C(C)C)c(Cl)cc1C. The molecular weight excluding hydrogens is 284 g/mol. The van der Waals surface area contributed by atoms with Crippen LogP contribution in [0.15, 0.2) is 36.4 Å². The number of Topliss-reactive ketones (excluding diaryl/α,β-unsaturated/α-hetero) is 1. The van der Waals surface area contributed by atoms with Gasteiger partial charge in [0.25, 0.3) is 0 Å². The van der Waals surface area contributed by atoms with Gasteiger partial charge >= 0.3 is 0 Å². The molecule has 0 saturated heterocycles. The summed E-state index contributed by atoms with van der Waals surface area (Å²) >= 11 is 6.27. The molecule has 2 nitrogen and oxygen atoms in total. The molecule has 0 amide bonds. The van der Waals surface area contributed by atoms with Crippen LogP contribution in [0.2, 0.25) is 5.02 Å². The summed E-state index contributed by atoms with van der Waals surface area (Å²) in [5, 5.41) is 0.745. The van der Waals surface area contributed by atoms with Crippen LogP contribution in [0.1, 0.15) is 48.2 Å². The molecule has 0 atom stereocenters. The number of aryl methyl sites for hydroxylation is 1. The first-order chi connectivity index (χ1) is 9.90. The molecule has 2 aromatic rings. The van der Waals surface area contributed by atoms with Crippen molar-refractivity contribution in [3.8, 4) is 11.5 Å². The number of para-hydroxylation sites is 1. The summed E-state index contributed by atoms with van der Waals surface area (Å²) < 4.78 is 5.97. The van der Waals surface area contributed by atoms with Crippen molar-refractivity contribution in [2.24, 2.45) is 0 Å². The number of hydrogen-bond acceptors (Lipinski definition) is 2. The second kappa shape index (κ2) is 6.31. The van der Waals surface area contributed by atoms with E-state index in [0.29, 0.717) is 17.2 Å². The second-order valence-electron chi connectivity index (χ2n) is 5.45. The van der Waals surface area contributed by atoms with Crippen LogP contribution in [0, 0.1) is 6.92 Å². The fourth-order valence-electron chi connectivity index (χ4n) is 2.19. The maximum absolute atomic E-state index is 11.7. The number of benzene rings is 2. The van der Waals surface area contributed by atoms with E-state index < -0.39 is 0 Å². The Morgan fingerprint density at radius 2 is 1.81 bits per heavy atom. The van der Waals surface area contributed by atoms with Crippen LogP contribution < -0.4 is 4.74 Å². The quantitative estimate of drug-likeness (QED) is 0.670. The van der Waals surface area contributed by atoms with Gasteiger partial charge < -0.3 is 4.74 Å². The molecule has 0 fully saturated rings. The molecule has 0 aliphatic heterocycles. The average molecular weight is 303 g/mol. The van der Waals surface area contributed by atoms with Crippen molar-refractivity contribution in [1.29, 1.82) is 0 Å². The van der Waals surface area contributed by atoms with Gasteiger partial charge in [-0.3, -0.25) is 4.79 Å². The maximum Gasteiger partial charge on any atom is 0.163 e. The highest BCUT2D eigenvalue weighted by molar-refractivity contribution is 6.31. The number of carbonyl (C=O) groups is 1. The van der Waals surface area contributed by atoms with Gasteiger partial charge in [-0.2, -0.15) is 0 Å². The molecule has 0 unspecified atom stereocenters. The predicted molar refractivity (Wildman–Crippen MR) is 86.8 cm³/mol. The summed E-state index contributed by atoms with van der Waals surface area (Å²) in [7, 11) is 0. The van der Waals surface area contributed by atoms with E-state index >= 15 is 0 Å². The molecular formula is C18H19ClO2.